The predicted molar refractivity (Wildman–Crippen MR) is 77.9 cm³/mol. The zero-order valence-electron chi connectivity index (χ0n) is 12.2. The van der Waals surface area contributed by atoms with Crippen molar-refractivity contribution in [1.82, 2.24) is 9.97 Å². The van der Waals surface area contributed by atoms with Crippen LogP contribution in [-0.2, 0) is 11.2 Å². The zero-order valence-corrected chi connectivity index (χ0v) is 12.2. The lowest BCUT2D eigenvalue weighted by molar-refractivity contribution is -0.117. The largest absolute Gasteiger partial charge is 0.511 e. The van der Waals surface area contributed by atoms with E-state index in [4.69, 9.17) is 0 Å². The van der Waals surface area contributed by atoms with E-state index in [1.54, 1.807) is 19.4 Å². The van der Waals surface area contributed by atoms with Crippen LogP contribution in [0.15, 0.2) is 28.8 Å². The third-order valence-corrected chi connectivity index (χ3v) is 3.50. The van der Waals surface area contributed by atoms with Crippen LogP contribution in [0.2, 0.25) is 0 Å². The minimum atomic E-state index is -0.166. The highest BCUT2D eigenvalue weighted by Crippen LogP contribution is 2.36. The lowest BCUT2D eigenvalue weighted by Crippen LogP contribution is -2.28. The molecule has 20 heavy (non-hydrogen) atoms. The topological polar surface area (TPSA) is 78.3 Å². The molecule has 0 aliphatic heterocycles. The van der Waals surface area contributed by atoms with Crippen molar-refractivity contribution in [2.24, 2.45) is 10.4 Å². The number of hydrogen-bond donors (Lipinski definition) is 2. The molecule has 0 atom stereocenters. The summed E-state index contributed by atoms with van der Waals surface area (Å²) in [4.78, 5) is 23.5. The number of H-pyrrole nitrogens is 1. The molecule has 1 aromatic heterocycles. The minimum absolute atomic E-state index is 0.0125. The Balaban J connectivity index is 2.07. The van der Waals surface area contributed by atoms with Crippen LogP contribution in [0.5, 0.6) is 0 Å². The van der Waals surface area contributed by atoms with Gasteiger partial charge in [0.05, 0.1) is 11.9 Å². The summed E-state index contributed by atoms with van der Waals surface area (Å²) in [5.41, 5.74) is 1.88. The summed E-state index contributed by atoms with van der Waals surface area (Å²) in [6, 6.07) is 0. The molecule has 5 nitrogen and oxygen atoms in total. The van der Waals surface area contributed by atoms with Crippen molar-refractivity contribution in [3.63, 3.8) is 0 Å². The number of aliphatic hydroxyl groups is 1. The van der Waals surface area contributed by atoms with Gasteiger partial charge in [-0.05, 0) is 12.3 Å². The summed E-state index contributed by atoms with van der Waals surface area (Å²) in [6.45, 7) is 6.33. The standard InChI is InChI=1S/C15H21N3O2/c1-10(17-5-4-11-8-16-9-18-11)14-12(19)6-15(2,3)7-13(14)20/h8-9,19H,4-7H2,1-3H3,(H,16,18). The molecular weight excluding hydrogens is 254 g/mol. The predicted octanol–water partition coefficient (Wildman–Crippen LogP) is 2.61. The number of aromatic amines is 1. The van der Waals surface area contributed by atoms with Gasteiger partial charge in [-0.25, -0.2) is 4.98 Å². The molecule has 1 aliphatic rings. The Morgan fingerprint density at radius 2 is 2.25 bits per heavy atom. The van der Waals surface area contributed by atoms with Gasteiger partial charge in [-0.1, -0.05) is 13.8 Å². The van der Waals surface area contributed by atoms with Crippen molar-refractivity contribution in [2.45, 2.75) is 40.0 Å². The number of carbonyl (C=O) groups excluding carboxylic acids is 1. The van der Waals surface area contributed by atoms with Crippen LogP contribution in [0.1, 0.15) is 39.3 Å². The summed E-state index contributed by atoms with van der Waals surface area (Å²) in [5, 5.41) is 10.1. The number of nitrogens with one attached hydrogen (secondary N) is 1. The number of nitrogens with zero attached hydrogens (tertiary/aromatic N) is 2. The van der Waals surface area contributed by atoms with Gasteiger partial charge in [0.1, 0.15) is 5.76 Å². The first-order valence-corrected chi connectivity index (χ1v) is 6.83. The fourth-order valence-corrected chi connectivity index (χ4v) is 2.54. The van der Waals surface area contributed by atoms with Crippen LogP contribution in [0, 0.1) is 5.41 Å². The van der Waals surface area contributed by atoms with E-state index in [2.05, 4.69) is 15.0 Å². The maximum Gasteiger partial charge on any atom is 0.168 e. The van der Waals surface area contributed by atoms with Crippen LogP contribution in [0.3, 0.4) is 0 Å². The number of aliphatic hydroxyl groups excluding tert-OH is 1. The molecule has 108 valence electrons. The monoisotopic (exact) mass is 275 g/mol. The number of aliphatic imine (C=N–C) groups is 1. The van der Waals surface area contributed by atoms with E-state index in [-0.39, 0.29) is 17.0 Å². The summed E-state index contributed by atoms with van der Waals surface area (Å²) in [5.74, 6) is 0.163. The highest BCUT2D eigenvalue weighted by Gasteiger charge is 2.33. The van der Waals surface area contributed by atoms with Gasteiger partial charge in [-0.15, -0.1) is 0 Å². The summed E-state index contributed by atoms with van der Waals surface area (Å²) in [6.07, 6.45) is 5.12. The van der Waals surface area contributed by atoms with Crippen LogP contribution in [0.4, 0.5) is 0 Å². The lowest BCUT2D eigenvalue weighted by atomic mass is 9.76. The van der Waals surface area contributed by atoms with E-state index < -0.39 is 0 Å². The maximum atomic E-state index is 12.1. The molecule has 2 rings (SSSR count). The number of aromatic nitrogens is 2. The third kappa shape index (κ3) is 3.35. The van der Waals surface area contributed by atoms with Gasteiger partial charge < -0.3 is 10.1 Å². The van der Waals surface area contributed by atoms with Gasteiger partial charge in [0.15, 0.2) is 5.78 Å². The maximum absolute atomic E-state index is 12.1. The summed E-state index contributed by atoms with van der Waals surface area (Å²) in [7, 11) is 0. The Morgan fingerprint density at radius 3 is 2.85 bits per heavy atom. The van der Waals surface area contributed by atoms with Crippen molar-refractivity contribution < 1.29 is 9.90 Å². The average Bonchev–Trinajstić information content (AvgIpc) is 2.79. The van der Waals surface area contributed by atoms with Crippen LogP contribution in [-0.4, -0.2) is 33.1 Å². The molecule has 1 aliphatic carbocycles. The fourth-order valence-electron chi connectivity index (χ4n) is 2.54. The smallest absolute Gasteiger partial charge is 0.168 e. The van der Waals surface area contributed by atoms with Crippen LogP contribution in [0.25, 0.3) is 0 Å². The quantitative estimate of drug-likeness (QED) is 0.829. The Morgan fingerprint density at radius 1 is 1.50 bits per heavy atom. The molecule has 0 saturated heterocycles. The number of ketones is 1. The fraction of sp³-hybridized carbons (Fsp3) is 0.533. The van der Waals surface area contributed by atoms with Crippen molar-refractivity contribution in [3.05, 3.63) is 29.6 Å². The second-order valence-corrected chi connectivity index (χ2v) is 6.06. The first kappa shape index (κ1) is 14.5. The third-order valence-electron chi connectivity index (χ3n) is 3.50. The highest BCUT2D eigenvalue weighted by atomic mass is 16.3. The summed E-state index contributed by atoms with van der Waals surface area (Å²) >= 11 is 0. The minimum Gasteiger partial charge on any atom is -0.511 e. The van der Waals surface area contributed by atoms with E-state index in [0.29, 0.717) is 30.7 Å². The highest BCUT2D eigenvalue weighted by molar-refractivity contribution is 6.22. The number of rotatable bonds is 4. The molecule has 0 saturated carbocycles. The molecule has 0 fully saturated rings. The molecule has 0 unspecified atom stereocenters. The number of hydrogen-bond acceptors (Lipinski definition) is 4. The van der Waals surface area contributed by atoms with E-state index in [1.807, 2.05) is 13.8 Å². The van der Waals surface area contributed by atoms with Crippen molar-refractivity contribution in [3.8, 4) is 0 Å². The Labute approximate surface area is 118 Å². The lowest BCUT2D eigenvalue weighted by Gasteiger charge is -2.29. The number of allylic oxidation sites excluding steroid dienone is 2. The second kappa shape index (κ2) is 5.61. The molecule has 2 N–H and O–H groups in total. The molecule has 5 heteroatoms. The van der Waals surface area contributed by atoms with Gasteiger partial charge in [0.2, 0.25) is 0 Å². The number of carbonyl (C=O) groups is 1. The molecule has 0 amide bonds. The number of Topliss-reactive ketones (excluding diaryl/α,β-unsaturated/α-hetero) is 1. The second-order valence-electron chi connectivity index (χ2n) is 6.06. The molecule has 0 aromatic carbocycles. The van der Waals surface area contributed by atoms with E-state index in [0.717, 1.165) is 12.1 Å². The Hall–Kier alpha value is -1.91. The van der Waals surface area contributed by atoms with Gasteiger partial charge >= 0.3 is 0 Å². The van der Waals surface area contributed by atoms with E-state index >= 15 is 0 Å². The van der Waals surface area contributed by atoms with Crippen molar-refractivity contribution >= 4 is 11.5 Å². The average molecular weight is 275 g/mol. The van der Waals surface area contributed by atoms with Gasteiger partial charge in [-0.2, -0.15) is 0 Å². The molecule has 1 heterocycles. The Bertz CT molecular complexity index is 554. The van der Waals surface area contributed by atoms with Gasteiger partial charge in [0, 0.05) is 43.4 Å². The zero-order chi connectivity index (χ0) is 14.8. The molecule has 1 aromatic rings. The molecule has 0 spiro atoms. The first-order valence-electron chi connectivity index (χ1n) is 6.83. The van der Waals surface area contributed by atoms with Crippen LogP contribution < -0.4 is 0 Å². The molecule has 0 bridgehead atoms. The van der Waals surface area contributed by atoms with Crippen molar-refractivity contribution in [2.75, 3.05) is 6.54 Å². The Kier molecular flexibility index (Phi) is 4.06. The molecular formula is C15H21N3O2. The van der Waals surface area contributed by atoms with Gasteiger partial charge in [-0.3, -0.25) is 9.79 Å². The van der Waals surface area contributed by atoms with Crippen LogP contribution >= 0.6 is 0 Å². The molecule has 0 radical (unpaired) electrons. The summed E-state index contributed by atoms with van der Waals surface area (Å²) < 4.78 is 0. The van der Waals surface area contributed by atoms with Gasteiger partial charge in [0.25, 0.3) is 0 Å². The van der Waals surface area contributed by atoms with E-state index in [1.165, 1.54) is 0 Å². The first-order chi connectivity index (χ1) is 9.39. The SMILES string of the molecule is CC(=NCCc1cnc[nH]1)C1=C(O)CC(C)(C)CC1=O. The van der Waals surface area contributed by atoms with E-state index in [9.17, 15) is 9.90 Å². The number of imidazole rings is 1. The normalized spacial score (nSPS) is 19.6. The van der Waals surface area contributed by atoms with Crippen molar-refractivity contribution in [1.29, 1.82) is 0 Å².